The fraction of sp³-hybridized carbons (Fsp3) is 0.143. The number of rotatable bonds is 4. The van der Waals surface area contributed by atoms with Crippen LogP contribution < -0.4 is 4.74 Å². The van der Waals surface area contributed by atoms with E-state index in [-0.39, 0.29) is 11.4 Å². The third-order valence-electron chi connectivity index (χ3n) is 2.45. The van der Waals surface area contributed by atoms with E-state index in [0.29, 0.717) is 6.61 Å². The molecule has 0 saturated heterocycles. The molecule has 0 fully saturated rings. The third kappa shape index (κ3) is 2.85. The Kier molecular flexibility index (Phi) is 3.57. The van der Waals surface area contributed by atoms with Crippen molar-refractivity contribution in [1.82, 2.24) is 4.98 Å². The van der Waals surface area contributed by atoms with E-state index >= 15 is 0 Å². The van der Waals surface area contributed by atoms with Crippen LogP contribution in [0.25, 0.3) is 0 Å². The summed E-state index contributed by atoms with van der Waals surface area (Å²) < 4.78 is 5.47. The summed E-state index contributed by atoms with van der Waals surface area (Å²) in [5.74, 6) is -0.878. The van der Waals surface area contributed by atoms with Crippen LogP contribution in [0.5, 0.6) is 5.88 Å². The zero-order valence-electron chi connectivity index (χ0n) is 9.96. The summed E-state index contributed by atoms with van der Waals surface area (Å²) in [7, 11) is 0. The van der Waals surface area contributed by atoms with Crippen molar-refractivity contribution >= 4 is 5.97 Å². The van der Waals surface area contributed by atoms with Gasteiger partial charge in [0.25, 0.3) is 0 Å². The Labute approximate surface area is 105 Å². The number of aromatic nitrogens is 1. The van der Waals surface area contributed by atoms with Crippen molar-refractivity contribution in [3.05, 3.63) is 59.3 Å². The summed E-state index contributed by atoms with van der Waals surface area (Å²) in [6, 6.07) is 12.7. The second-order valence-electron chi connectivity index (χ2n) is 3.88. The summed E-state index contributed by atoms with van der Waals surface area (Å²) in [6.07, 6.45) is 0. The number of hydrogen-bond acceptors (Lipinski definition) is 3. The van der Waals surface area contributed by atoms with Crippen LogP contribution in [0.1, 0.15) is 21.6 Å². The second-order valence-corrected chi connectivity index (χ2v) is 3.88. The van der Waals surface area contributed by atoms with E-state index in [1.807, 2.05) is 30.3 Å². The molecule has 2 rings (SSSR count). The van der Waals surface area contributed by atoms with Gasteiger partial charge in [0.2, 0.25) is 5.88 Å². The number of benzene rings is 1. The van der Waals surface area contributed by atoms with E-state index in [9.17, 15) is 4.79 Å². The maximum atomic E-state index is 11.0. The molecule has 1 aromatic heterocycles. The highest BCUT2D eigenvalue weighted by Crippen LogP contribution is 2.17. The van der Waals surface area contributed by atoms with Crippen molar-refractivity contribution in [3.63, 3.8) is 0 Å². The zero-order chi connectivity index (χ0) is 13.0. The Hall–Kier alpha value is -2.36. The fourth-order valence-electron chi connectivity index (χ4n) is 1.53. The molecule has 1 heterocycles. The molecule has 0 aliphatic rings. The lowest BCUT2D eigenvalue weighted by atomic mass is 10.2. The fourth-order valence-corrected chi connectivity index (χ4v) is 1.53. The first kappa shape index (κ1) is 12.1. The molecule has 0 spiro atoms. The summed E-state index contributed by atoms with van der Waals surface area (Å²) in [5, 5.41) is 9.03. The van der Waals surface area contributed by atoms with Gasteiger partial charge in [-0.1, -0.05) is 30.3 Å². The lowest BCUT2D eigenvalue weighted by Crippen LogP contribution is -2.06. The number of carboxylic acid groups (broad SMARTS) is 1. The average Bonchev–Trinajstić information content (AvgIpc) is 2.37. The van der Waals surface area contributed by atoms with Crippen LogP contribution in [0.15, 0.2) is 42.5 Å². The molecule has 18 heavy (non-hydrogen) atoms. The molecule has 0 aliphatic heterocycles. The number of hydrogen-bond donors (Lipinski definition) is 1. The molecular weight excluding hydrogens is 230 g/mol. The van der Waals surface area contributed by atoms with E-state index in [2.05, 4.69) is 4.98 Å². The topological polar surface area (TPSA) is 59.4 Å². The van der Waals surface area contributed by atoms with Gasteiger partial charge in [0.05, 0.1) is 0 Å². The molecule has 0 atom stereocenters. The maximum Gasteiger partial charge on any atom is 0.341 e. The standard InChI is InChI=1S/C14H13NO3/c1-10-7-8-12(14(16)17)13(15-10)18-9-11-5-3-2-4-6-11/h2-8H,9H2,1H3,(H,16,17). The number of carboxylic acids is 1. The van der Waals surface area contributed by atoms with Crippen LogP contribution >= 0.6 is 0 Å². The van der Waals surface area contributed by atoms with Gasteiger partial charge >= 0.3 is 5.97 Å². The first-order chi connectivity index (χ1) is 8.66. The summed E-state index contributed by atoms with van der Waals surface area (Å²) in [5.41, 5.74) is 1.77. The SMILES string of the molecule is Cc1ccc(C(=O)O)c(OCc2ccccc2)n1. The minimum absolute atomic E-state index is 0.0801. The van der Waals surface area contributed by atoms with E-state index in [4.69, 9.17) is 9.84 Å². The van der Waals surface area contributed by atoms with Gasteiger partial charge < -0.3 is 9.84 Å². The van der Waals surface area contributed by atoms with Crippen LogP contribution in [0.3, 0.4) is 0 Å². The number of aromatic carboxylic acids is 1. The van der Waals surface area contributed by atoms with Crippen LogP contribution in [0.4, 0.5) is 0 Å². The van der Waals surface area contributed by atoms with E-state index in [0.717, 1.165) is 11.3 Å². The minimum atomic E-state index is -1.04. The summed E-state index contributed by atoms with van der Waals surface area (Å²) in [4.78, 5) is 15.1. The lowest BCUT2D eigenvalue weighted by Gasteiger charge is -2.08. The lowest BCUT2D eigenvalue weighted by molar-refractivity contribution is 0.0690. The molecule has 2 aromatic rings. The van der Waals surface area contributed by atoms with Gasteiger partial charge in [-0.05, 0) is 24.6 Å². The zero-order valence-corrected chi connectivity index (χ0v) is 9.96. The van der Waals surface area contributed by atoms with Crippen LogP contribution in [-0.4, -0.2) is 16.1 Å². The Balaban J connectivity index is 2.18. The largest absolute Gasteiger partial charge is 0.477 e. The van der Waals surface area contributed by atoms with Crippen LogP contribution in [0, 0.1) is 6.92 Å². The molecule has 4 heteroatoms. The molecular formula is C14H13NO3. The smallest absolute Gasteiger partial charge is 0.341 e. The Morgan fingerprint density at radius 3 is 2.61 bits per heavy atom. The molecule has 0 radical (unpaired) electrons. The Morgan fingerprint density at radius 2 is 1.94 bits per heavy atom. The van der Waals surface area contributed by atoms with Gasteiger partial charge in [-0.15, -0.1) is 0 Å². The van der Waals surface area contributed by atoms with Crippen molar-refractivity contribution in [3.8, 4) is 5.88 Å². The van der Waals surface area contributed by atoms with Gasteiger partial charge in [0.1, 0.15) is 12.2 Å². The van der Waals surface area contributed by atoms with Gasteiger partial charge in [0.15, 0.2) is 0 Å². The molecule has 0 amide bonds. The predicted molar refractivity (Wildman–Crippen MR) is 66.7 cm³/mol. The van der Waals surface area contributed by atoms with Crippen LogP contribution in [0.2, 0.25) is 0 Å². The molecule has 0 aliphatic carbocycles. The van der Waals surface area contributed by atoms with Gasteiger partial charge in [-0.25, -0.2) is 9.78 Å². The average molecular weight is 243 g/mol. The van der Waals surface area contributed by atoms with Crippen molar-refractivity contribution in [1.29, 1.82) is 0 Å². The highest BCUT2D eigenvalue weighted by molar-refractivity contribution is 5.90. The molecule has 1 aromatic carbocycles. The molecule has 0 unspecified atom stereocenters. The van der Waals surface area contributed by atoms with Gasteiger partial charge in [-0.3, -0.25) is 0 Å². The quantitative estimate of drug-likeness (QED) is 0.896. The number of carbonyl (C=O) groups is 1. The minimum Gasteiger partial charge on any atom is -0.477 e. The number of aryl methyl sites for hydroxylation is 1. The Bertz CT molecular complexity index is 552. The molecule has 92 valence electrons. The van der Waals surface area contributed by atoms with E-state index in [1.54, 1.807) is 13.0 Å². The van der Waals surface area contributed by atoms with Crippen molar-refractivity contribution in [2.75, 3.05) is 0 Å². The normalized spacial score (nSPS) is 10.1. The monoisotopic (exact) mass is 243 g/mol. The highest BCUT2D eigenvalue weighted by Gasteiger charge is 2.12. The molecule has 4 nitrogen and oxygen atoms in total. The van der Waals surface area contributed by atoms with E-state index < -0.39 is 5.97 Å². The highest BCUT2D eigenvalue weighted by atomic mass is 16.5. The van der Waals surface area contributed by atoms with Crippen LogP contribution in [-0.2, 0) is 6.61 Å². The molecule has 0 bridgehead atoms. The summed E-state index contributed by atoms with van der Waals surface area (Å²) in [6.45, 7) is 2.10. The van der Waals surface area contributed by atoms with Gasteiger partial charge in [0, 0.05) is 5.69 Å². The summed E-state index contributed by atoms with van der Waals surface area (Å²) >= 11 is 0. The van der Waals surface area contributed by atoms with Crippen molar-refractivity contribution in [2.24, 2.45) is 0 Å². The Morgan fingerprint density at radius 1 is 1.22 bits per heavy atom. The first-order valence-corrected chi connectivity index (χ1v) is 5.54. The third-order valence-corrected chi connectivity index (χ3v) is 2.45. The molecule has 0 saturated carbocycles. The predicted octanol–water partition coefficient (Wildman–Crippen LogP) is 2.67. The number of ether oxygens (including phenoxy) is 1. The second kappa shape index (κ2) is 5.31. The first-order valence-electron chi connectivity index (χ1n) is 5.54. The van der Waals surface area contributed by atoms with Crippen molar-refractivity contribution in [2.45, 2.75) is 13.5 Å². The molecule has 1 N–H and O–H groups in total. The number of nitrogens with zero attached hydrogens (tertiary/aromatic N) is 1. The number of pyridine rings is 1. The van der Waals surface area contributed by atoms with Gasteiger partial charge in [-0.2, -0.15) is 0 Å². The van der Waals surface area contributed by atoms with E-state index in [1.165, 1.54) is 6.07 Å². The maximum absolute atomic E-state index is 11.0. The van der Waals surface area contributed by atoms with Crippen molar-refractivity contribution < 1.29 is 14.6 Å².